The number of fused-ring (bicyclic) bond motifs is 1. The maximum atomic E-state index is 10.4. The number of guanidine groups is 1. The SMILES string of the molecule is CN=C(NCc1ccc(C)cc1OC1CCOC1)NCc1c(O)ccc2c1CCCC2.I. The van der Waals surface area contributed by atoms with E-state index in [2.05, 4.69) is 46.8 Å². The van der Waals surface area contributed by atoms with Gasteiger partial charge in [-0.25, -0.2) is 0 Å². The number of hydrogen-bond acceptors (Lipinski definition) is 4. The molecule has 1 aliphatic carbocycles. The topological polar surface area (TPSA) is 75.1 Å². The first-order valence-corrected chi connectivity index (χ1v) is 11.2. The van der Waals surface area contributed by atoms with Gasteiger partial charge in [0.25, 0.3) is 0 Å². The van der Waals surface area contributed by atoms with E-state index in [1.807, 2.05) is 6.07 Å². The summed E-state index contributed by atoms with van der Waals surface area (Å²) in [5.41, 5.74) is 5.90. The van der Waals surface area contributed by atoms with Crippen molar-refractivity contribution in [2.24, 2.45) is 4.99 Å². The molecule has 1 fully saturated rings. The van der Waals surface area contributed by atoms with E-state index in [1.54, 1.807) is 7.05 Å². The standard InChI is InChI=1S/C25H33N3O3.HI/c1-17-7-8-19(24(13-17)31-20-11-12-30-16-20)14-27-25(26-2)28-15-22-21-6-4-3-5-18(21)9-10-23(22)29;/h7-10,13,20,29H,3-6,11-12,14-16H2,1-2H3,(H2,26,27,28);1H. The van der Waals surface area contributed by atoms with E-state index in [9.17, 15) is 5.11 Å². The Bertz CT molecular complexity index is 942. The zero-order valence-electron chi connectivity index (χ0n) is 18.9. The number of ether oxygens (including phenoxy) is 2. The molecular formula is C25H34IN3O3. The van der Waals surface area contributed by atoms with Gasteiger partial charge in [0.2, 0.25) is 0 Å². The monoisotopic (exact) mass is 551 g/mol. The average Bonchev–Trinajstić information content (AvgIpc) is 3.29. The second-order valence-electron chi connectivity index (χ2n) is 8.40. The summed E-state index contributed by atoms with van der Waals surface area (Å²) in [6.07, 6.45) is 5.57. The normalized spacial score (nSPS) is 17.9. The molecule has 1 unspecified atom stereocenters. The highest BCUT2D eigenvalue weighted by molar-refractivity contribution is 14.0. The Hall–Kier alpha value is -2.00. The highest BCUT2D eigenvalue weighted by Gasteiger charge is 2.19. The van der Waals surface area contributed by atoms with Crippen molar-refractivity contribution in [1.82, 2.24) is 10.6 Å². The highest BCUT2D eigenvalue weighted by atomic mass is 127. The second kappa shape index (κ2) is 11.7. The van der Waals surface area contributed by atoms with Crippen LogP contribution in [0.15, 0.2) is 35.3 Å². The van der Waals surface area contributed by atoms with Crippen LogP contribution in [0.5, 0.6) is 11.5 Å². The molecule has 0 aromatic heterocycles. The molecule has 6 nitrogen and oxygen atoms in total. The number of halogens is 1. The van der Waals surface area contributed by atoms with Crippen LogP contribution >= 0.6 is 24.0 Å². The van der Waals surface area contributed by atoms with Crippen LogP contribution in [0.3, 0.4) is 0 Å². The maximum Gasteiger partial charge on any atom is 0.191 e. The third-order valence-corrected chi connectivity index (χ3v) is 6.13. The molecule has 0 radical (unpaired) electrons. The van der Waals surface area contributed by atoms with Gasteiger partial charge >= 0.3 is 0 Å². The summed E-state index contributed by atoms with van der Waals surface area (Å²) in [7, 11) is 1.76. The van der Waals surface area contributed by atoms with Gasteiger partial charge in [0.1, 0.15) is 17.6 Å². The molecule has 2 aliphatic rings. The summed E-state index contributed by atoms with van der Waals surface area (Å²) in [5, 5.41) is 17.2. The van der Waals surface area contributed by atoms with E-state index < -0.39 is 0 Å². The fourth-order valence-corrected chi connectivity index (χ4v) is 4.36. The molecule has 4 rings (SSSR count). The van der Waals surface area contributed by atoms with Gasteiger partial charge in [0.15, 0.2) is 5.96 Å². The third kappa shape index (κ3) is 6.07. The van der Waals surface area contributed by atoms with E-state index in [0.717, 1.165) is 42.7 Å². The Balaban J connectivity index is 0.00000289. The third-order valence-electron chi connectivity index (χ3n) is 6.13. The van der Waals surface area contributed by atoms with Crippen LogP contribution in [0.2, 0.25) is 0 Å². The molecular weight excluding hydrogens is 517 g/mol. The minimum absolute atomic E-state index is 0. The van der Waals surface area contributed by atoms with Crippen LogP contribution in [0.4, 0.5) is 0 Å². The van der Waals surface area contributed by atoms with Crippen LogP contribution in [0, 0.1) is 6.92 Å². The lowest BCUT2D eigenvalue weighted by Gasteiger charge is -2.22. The Morgan fingerprint density at radius 1 is 1.16 bits per heavy atom. The number of aliphatic imine (C=N–C) groups is 1. The van der Waals surface area contributed by atoms with Crippen LogP contribution < -0.4 is 15.4 Å². The molecule has 0 amide bonds. The molecule has 1 heterocycles. The molecule has 2 aromatic rings. The van der Waals surface area contributed by atoms with Crippen LogP contribution in [0.1, 0.15) is 47.1 Å². The van der Waals surface area contributed by atoms with Crippen molar-refractivity contribution in [2.45, 2.75) is 58.2 Å². The quantitative estimate of drug-likeness (QED) is 0.285. The van der Waals surface area contributed by atoms with E-state index >= 15 is 0 Å². The van der Waals surface area contributed by atoms with Gasteiger partial charge in [-0.15, -0.1) is 24.0 Å². The lowest BCUT2D eigenvalue weighted by atomic mass is 9.88. The molecule has 32 heavy (non-hydrogen) atoms. The lowest BCUT2D eigenvalue weighted by Crippen LogP contribution is -2.36. The van der Waals surface area contributed by atoms with E-state index in [4.69, 9.17) is 9.47 Å². The number of hydrogen-bond donors (Lipinski definition) is 3. The minimum atomic E-state index is 0. The second-order valence-corrected chi connectivity index (χ2v) is 8.40. The van der Waals surface area contributed by atoms with Gasteiger partial charge in [-0.05, 0) is 61.4 Å². The molecule has 7 heteroatoms. The van der Waals surface area contributed by atoms with E-state index in [1.165, 1.54) is 29.5 Å². The molecule has 0 saturated carbocycles. The summed E-state index contributed by atoms with van der Waals surface area (Å²) >= 11 is 0. The average molecular weight is 551 g/mol. The number of phenolic OH excluding ortho intramolecular Hbond substituents is 1. The number of benzene rings is 2. The van der Waals surface area contributed by atoms with Crippen molar-refractivity contribution < 1.29 is 14.6 Å². The van der Waals surface area contributed by atoms with Crippen molar-refractivity contribution in [3.05, 3.63) is 58.1 Å². The Morgan fingerprint density at radius 3 is 2.75 bits per heavy atom. The first-order valence-electron chi connectivity index (χ1n) is 11.2. The smallest absolute Gasteiger partial charge is 0.191 e. The number of rotatable bonds is 6. The van der Waals surface area contributed by atoms with Crippen molar-refractivity contribution >= 4 is 29.9 Å². The lowest BCUT2D eigenvalue weighted by molar-refractivity contribution is 0.140. The predicted molar refractivity (Wildman–Crippen MR) is 138 cm³/mol. The first-order chi connectivity index (χ1) is 15.1. The molecule has 0 bridgehead atoms. The first kappa shape index (κ1) is 24.6. The van der Waals surface area contributed by atoms with Crippen LogP contribution in [-0.4, -0.2) is 37.4 Å². The van der Waals surface area contributed by atoms with E-state index in [-0.39, 0.29) is 30.1 Å². The molecule has 1 aliphatic heterocycles. The summed E-state index contributed by atoms with van der Waals surface area (Å²) < 4.78 is 11.7. The van der Waals surface area contributed by atoms with Crippen molar-refractivity contribution in [3.8, 4) is 11.5 Å². The Kier molecular flexibility index (Phi) is 9.04. The molecule has 174 valence electrons. The zero-order chi connectivity index (χ0) is 21.6. The number of nitrogens with one attached hydrogen (secondary N) is 2. The summed E-state index contributed by atoms with van der Waals surface area (Å²) in [5.74, 6) is 1.95. The molecule has 0 spiro atoms. The van der Waals surface area contributed by atoms with Gasteiger partial charge < -0.3 is 25.2 Å². The Morgan fingerprint density at radius 2 is 1.97 bits per heavy atom. The summed E-state index contributed by atoms with van der Waals surface area (Å²) in [4.78, 5) is 4.36. The van der Waals surface area contributed by atoms with Crippen molar-refractivity contribution in [3.63, 3.8) is 0 Å². The van der Waals surface area contributed by atoms with Crippen molar-refractivity contribution in [1.29, 1.82) is 0 Å². The van der Waals surface area contributed by atoms with Gasteiger partial charge in [-0.2, -0.15) is 0 Å². The summed E-state index contributed by atoms with van der Waals surface area (Å²) in [6.45, 7) is 4.63. The zero-order valence-corrected chi connectivity index (χ0v) is 21.3. The Labute approximate surface area is 207 Å². The molecule has 3 N–H and O–H groups in total. The number of aromatic hydroxyl groups is 1. The number of phenols is 1. The minimum Gasteiger partial charge on any atom is -0.508 e. The largest absolute Gasteiger partial charge is 0.508 e. The number of aryl methyl sites for hydroxylation is 2. The molecule has 2 aromatic carbocycles. The number of nitrogens with zero attached hydrogens (tertiary/aromatic N) is 1. The summed E-state index contributed by atoms with van der Waals surface area (Å²) in [6, 6.07) is 10.2. The predicted octanol–water partition coefficient (Wildman–Crippen LogP) is 4.23. The van der Waals surface area contributed by atoms with Crippen LogP contribution in [-0.2, 0) is 30.7 Å². The van der Waals surface area contributed by atoms with Gasteiger partial charge in [-0.3, -0.25) is 4.99 Å². The van der Waals surface area contributed by atoms with Gasteiger partial charge in [0, 0.05) is 37.7 Å². The fraction of sp³-hybridized carbons (Fsp3) is 0.480. The van der Waals surface area contributed by atoms with E-state index in [0.29, 0.717) is 31.4 Å². The van der Waals surface area contributed by atoms with Crippen LogP contribution in [0.25, 0.3) is 0 Å². The molecule has 1 saturated heterocycles. The highest BCUT2D eigenvalue weighted by Crippen LogP contribution is 2.30. The fourth-order valence-electron chi connectivity index (χ4n) is 4.36. The maximum absolute atomic E-state index is 10.4. The van der Waals surface area contributed by atoms with Gasteiger partial charge in [-0.1, -0.05) is 18.2 Å². The van der Waals surface area contributed by atoms with Crippen molar-refractivity contribution in [2.75, 3.05) is 20.3 Å². The molecule has 1 atom stereocenters. The van der Waals surface area contributed by atoms with Gasteiger partial charge in [0.05, 0.1) is 13.2 Å².